The maximum atomic E-state index is 6.00. The van der Waals surface area contributed by atoms with Crippen molar-refractivity contribution in [2.75, 3.05) is 5.32 Å². The van der Waals surface area contributed by atoms with Crippen LogP contribution in [0.3, 0.4) is 0 Å². The topological polar surface area (TPSA) is 40.7 Å². The average Bonchev–Trinajstić information content (AvgIpc) is 2.69. The highest BCUT2D eigenvalue weighted by Gasteiger charge is 1.98. The van der Waals surface area contributed by atoms with Crippen LogP contribution >= 0.6 is 11.6 Å². The summed E-state index contributed by atoms with van der Waals surface area (Å²) in [6.45, 7) is 0.708. The summed E-state index contributed by atoms with van der Waals surface area (Å²) in [6, 6.07) is 7.77. The number of rotatable bonds is 3. The van der Waals surface area contributed by atoms with E-state index in [2.05, 4.69) is 15.5 Å². The molecule has 2 N–H and O–H groups in total. The lowest BCUT2D eigenvalue weighted by atomic mass is 10.2. The molecule has 0 saturated carbocycles. The molecule has 0 saturated heterocycles. The van der Waals surface area contributed by atoms with Crippen LogP contribution in [0.25, 0.3) is 0 Å². The molecule has 0 atom stereocenters. The second-order valence-electron chi connectivity index (χ2n) is 2.93. The van der Waals surface area contributed by atoms with Gasteiger partial charge in [-0.25, -0.2) is 0 Å². The number of benzene rings is 1. The van der Waals surface area contributed by atoms with E-state index in [1.807, 2.05) is 24.3 Å². The number of nitrogens with one attached hydrogen (secondary N) is 2. The van der Waals surface area contributed by atoms with E-state index in [1.165, 1.54) is 0 Å². The van der Waals surface area contributed by atoms with Gasteiger partial charge in [-0.05, 0) is 11.6 Å². The fourth-order valence-corrected chi connectivity index (χ4v) is 1.39. The van der Waals surface area contributed by atoms with Crippen molar-refractivity contribution in [1.82, 2.24) is 10.2 Å². The van der Waals surface area contributed by atoms with Crippen LogP contribution in [0.2, 0.25) is 5.02 Å². The number of nitrogens with zero attached hydrogens (tertiary/aromatic N) is 1. The molecule has 0 spiro atoms. The van der Waals surface area contributed by atoms with Gasteiger partial charge in [0.05, 0.1) is 11.9 Å². The zero-order chi connectivity index (χ0) is 9.80. The lowest BCUT2D eigenvalue weighted by Gasteiger charge is -2.04. The van der Waals surface area contributed by atoms with Crippen molar-refractivity contribution in [3.8, 4) is 0 Å². The Balaban J connectivity index is 2.02. The maximum absolute atomic E-state index is 6.00. The highest BCUT2D eigenvalue weighted by atomic mass is 35.5. The Bertz CT molecular complexity index is 398. The van der Waals surface area contributed by atoms with Gasteiger partial charge in [-0.3, -0.25) is 5.10 Å². The zero-order valence-corrected chi connectivity index (χ0v) is 8.25. The Morgan fingerprint density at radius 1 is 1.36 bits per heavy atom. The number of H-pyrrole nitrogens is 1. The Morgan fingerprint density at radius 3 is 2.93 bits per heavy atom. The van der Waals surface area contributed by atoms with Gasteiger partial charge in [0.2, 0.25) is 0 Å². The van der Waals surface area contributed by atoms with Crippen LogP contribution in [-0.2, 0) is 6.54 Å². The van der Waals surface area contributed by atoms with Crippen LogP contribution in [0.15, 0.2) is 36.7 Å². The minimum absolute atomic E-state index is 0.708. The molecule has 2 aromatic rings. The minimum atomic E-state index is 0.708. The van der Waals surface area contributed by atoms with Gasteiger partial charge in [-0.15, -0.1) is 0 Å². The van der Waals surface area contributed by atoms with Gasteiger partial charge in [0.1, 0.15) is 0 Å². The molecule has 0 radical (unpaired) electrons. The first kappa shape index (κ1) is 9.09. The van der Waals surface area contributed by atoms with E-state index in [4.69, 9.17) is 11.6 Å². The van der Waals surface area contributed by atoms with Crippen molar-refractivity contribution in [3.05, 3.63) is 47.2 Å². The van der Waals surface area contributed by atoms with Crippen LogP contribution < -0.4 is 5.32 Å². The monoisotopic (exact) mass is 207 g/mol. The Labute approximate surface area is 87.1 Å². The van der Waals surface area contributed by atoms with E-state index >= 15 is 0 Å². The van der Waals surface area contributed by atoms with Gasteiger partial charge in [-0.1, -0.05) is 29.8 Å². The van der Waals surface area contributed by atoms with Crippen LogP contribution in [0.4, 0.5) is 5.69 Å². The van der Waals surface area contributed by atoms with Gasteiger partial charge in [0, 0.05) is 17.8 Å². The second kappa shape index (κ2) is 4.15. The van der Waals surface area contributed by atoms with Crippen molar-refractivity contribution in [3.63, 3.8) is 0 Å². The molecule has 14 heavy (non-hydrogen) atoms. The fourth-order valence-electron chi connectivity index (χ4n) is 1.19. The summed E-state index contributed by atoms with van der Waals surface area (Å²) in [5.74, 6) is 0. The molecule has 3 nitrogen and oxygen atoms in total. The molecule has 0 aliphatic rings. The van der Waals surface area contributed by atoms with Gasteiger partial charge in [-0.2, -0.15) is 5.10 Å². The molecule has 72 valence electrons. The third-order valence-corrected chi connectivity index (χ3v) is 2.31. The van der Waals surface area contributed by atoms with E-state index in [0.29, 0.717) is 6.54 Å². The number of hydrogen-bond acceptors (Lipinski definition) is 2. The number of halogens is 1. The standard InChI is InChI=1S/C10H10ClN3/c11-10-4-2-1-3-8(10)5-12-9-6-13-14-7-9/h1-4,6-7,12H,5H2,(H,13,14). The van der Waals surface area contributed by atoms with Crippen molar-refractivity contribution in [1.29, 1.82) is 0 Å². The molecule has 0 amide bonds. The van der Waals surface area contributed by atoms with Crippen molar-refractivity contribution < 1.29 is 0 Å². The van der Waals surface area contributed by atoms with Crippen molar-refractivity contribution >= 4 is 17.3 Å². The van der Waals surface area contributed by atoms with Gasteiger partial charge < -0.3 is 5.32 Å². The van der Waals surface area contributed by atoms with Crippen molar-refractivity contribution in [2.24, 2.45) is 0 Å². The van der Waals surface area contributed by atoms with E-state index in [1.54, 1.807) is 12.4 Å². The Kier molecular flexibility index (Phi) is 2.70. The lowest BCUT2D eigenvalue weighted by molar-refractivity contribution is 1.09. The molecule has 0 aliphatic heterocycles. The largest absolute Gasteiger partial charge is 0.378 e. The molecule has 4 heteroatoms. The molecular weight excluding hydrogens is 198 g/mol. The normalized spacial score (nSPS) is 10.1. The van der Waals surface area contributed by atoms with Crippen molar-refractivity contribution in [2.45, 2.75) is 6.54 Å². The highest BCUT2D eigenvalue weighted by Crippen LogP contribution is 2.16. The molecule has 0 bridgehead atoms. The highest BCUT2D eigenvalue weighted by molar-refractivity contribution is 6.31. The summed E-state index contributed by atoms with van der Waals surface area (Å²) in [4.78, 5) is 0. The average molecular weight is 208 g/mol. The van der Waals surface area contributed by atoms with Crippen LogP contribution in [0.5, 0.6) is 0 Å². The number of aromatic amines is 1. The summed E-state index contributed by atoms with van der Waals surface area (Å²) in [7, 11) is 0. The maximum Gasteiger partial charge on any atom is 0.0726 e. The quantitative estimate of drug-likeness (QED) is 0.813. The van der Waals surface area contributed by atoms with E-state index < -0.39 is 0 Å². The molecule has 1 heterocycles. The third-order valence-electron chi connectivity index (χ3n) is 1.94. The van der Waals surface area contributed by atoms with Gasteiger partial charge in [0.15, 0.2) is 0 Å². The number of aromatic nitrogens is 2. The first-order valence-electron chi connectivity index (χ1n) is 4.32. The first-order valence-corrected chi connectivity index (χ1v) is 4.70. The first-order chi connectivity index (χ1) is 6.86. The van der Waals surface area contributed by atoms with E-state index in [9.17, 15) is 0 Å². The molecule has 0 aliphatic carbocycles. The summed E-state index contributed by atoms with van der Waals surface area (Å²) in [5.41, 5.74) is 2.04. The second-order valence-corrected chi connectivity index (χ2v) is 3.34. The Morgan fingerprint density at radius 2 is 2.21 bits per heavy atom. The fraction of sp³-hybridized carbons (Fsp3) is 0.100. The lowest BCUT2D eigenvalue weighted by Crippen LogP contribution is -1.98. The van der Waals surface area contributed by atoms with Crippen LogP contribution in [0, 0.1) is 0 Å². The molecular formula is C10H10ClN3. The molecule has 1 aromatic heterocycles. The summed E-state index contributed by atoms with van der Waals surface area (Å²) >= 11 is 6.00. The van der Waals surface area contributed by atoms with E-state index in [-0.39, 0.29) is 0 Å². The molecule has 2 rings (SSSR count). The number of hydrogen-bond donors (Lipinski definition) is 2. The predicted octanol–water partition coefficient (Wildman–Crippen LogP) is 2.68. The Hall–Kier alpha value is -1.48. The smallest absolute Gasteiger partial charge is 0.0726 e. The number of anilines is 1. The predicted molar refractivity (Wildman–Crippen MR) is 57.4 cm³/mol. The van der Waals surface area contributed by atoms with E-state index in [0.717, 1.165) is 16.3 Å². The zero-order valence-electron chi connectivity index (χ0n) is 7.50. The summed E-state index contributed by atoms with van der Waals surface area (Å²) < 4.78 is 0. The van der Waals surface area contributed by atoms with Crippen LogP contribution in [-0.4, -0.2) is 10.2 Å². The van der Waals surface area contributed by atoms with Gasteiger partial charge in [0.25, 0.3) is 0 Å². The molecule has 0 unspecified atom stereocenters. The minimum Gasteiger partial charge on any atom is -0.378 e. The third kappa shape index (κ3) is 2.06. The molecule has 0 fully saturated rings. The SMILES string of the molecule is Clc1ccccc1CNc1cn[nH]c1. The van der Waals surface area contributed by atoms with Gasteiger partial charge >= 0.3 is 0 Å². The van der Waals surface area contributed by atoms with Crippen LogP contribution in [0.1, 0.15) is 5.56 Å². The summed E-state index contributed by atoms with van der Waals surface area (Å²) in [5, 5.41) is 10.6. The summed E-state index contributed by atoms with van der Waals surface area (Å²) in [6.07, 6.45) is 3.54. The molecule has 1 aromatic carbocycles.